The first-order valence-electron chi connectivity index (χ1n) is 5.95. The van der Waals surface area contributed by atoms with Gasteiger partial charge in [-0.2, -0.15) is 0 Å². The van der Waals surface area contributed by atoms with Crippen molar-refractivity contribution < 1.29 is 4.42 Å². The Labute approximate surface area is 105 Å². The number of pyridine rings is 1. The predicted octanol–water partition coefficient (Wildman–Crippen LogP) is 3.07. The number of hydrogen-bond donors (Lipinski definition) is 1. The van der Waals surface area contributed by atoms with Crippen molar-refractivity contribution in [2.45, 2.75) is 12.5 Å². The summed E-state index contributed by atoms with van der Waals surface area (Å²) in [5.41, 5.74) is 9.51. The normalized spacial score (nSPS) is 12.7. The Morgan fingerprint density at radius 3 is 2.94 bits per heavy atom. The maximum absolute atomic E-state index is 6.28. The first-order chi connectivity index (χ1) is 8.84. The van der Waals surface area contributed by atoms with E-state index in [1.807, 2.05) is 24.3 Å². The summed E-state index contributed by atoms with van der Waals surface area (Å²) in [5, 5.41) is 1.12. The molecule has 0 spiro atoms. The van der Waals surface area contributed by atoms with Gasteiger partial charge in [-0.05, 0) is 35.7 Å². The molecule has 1 atom stereocenters. The molecule has 0 aliphatic rings. The van der Waals surface area contributed by atoms with Crippen LogP contribution in [0.3, 0.4) is 0 Å². The second-order valence-electron chi connectivity index (χ2n) is 4.36. The van der Waals surface area contributed by atoms with Crippen LogP contribution in [0, 0.1) is 0 Å². The van der Waals surface area contributed by atoms with Gasteiger partial charge >= 0.3 is 0 Å². The number of rotatable bonds is 3. The van der Waals surface area contributed by atoms with Crippen LogP contribution in [0.25, 0.3) is 10.9 Å². The van der Waals surface area contributed by atoms with Crippen molar-refractivity contribution in [3.8, 4) is 0 Å². The van der Waals surface area contributed by atoms with E-state index in [4.69, 9.17) is 10.2 Å². The molecule has 0 fully saturated rings. The first-order valence-corrected chi connectivity index (χ1v) is 5.95. The minimum Gasteiger partial charge on any atom is -0.472 e. The van der Waals surface area contributed by atoms with Crippen LogP contribution >= 0.6 is 0 Å². The molecule has 0 saturated carbocycles. The van der Waals surface area contributed by atoms with Gasteiger partial charge in [0.15, 0.2) is 0 Å². The summed E-state index contributed by atoms with van der Waals surface area (Å²) in [5.74, 6) is 0. The molecule has 0 radical (unpaired) electrons. The van der Waals surface area contributed by atoms with Gasteiger partial charge in [-0.25, -0.2) is 0 Å². The number of benzene rings is 1. The summed E-state index contributed by atoms with van der Waals surface area (Å²) in [7, 11) is 0. The van der Waals surface area contributed by atoms with Gasteiger partial charge in [0.05, 0.1) is 18.0 Å². The van der Waals surface area contributed by atoms with Gasteiger partial charge in [0.2, 0.25) is 0 Å². The van der Waals surface area contributed by atoms with Gasteiger partial charge in [-0.15, -0.1) is 0 Å². The molecule has 3 nitrogen and oxygen atoms in total. The van der Waals surface area contributed by atoms with Crippen LogP contribution < -0.4 is 5.73 Å². The number of furan rings is 1. The summed E-state index contributed by atoms with van der Waals surface area (Å²) < 4.78 is 5.07. The van der Waals surface area contributed by atoms with E-state index in [0.717, 1.165) is 28.5 Å². The van der Waals surface area contributed by atoms with Crippen LogP contribution in [0.15, 0.2) is 59.5 Å². The number of hydrogen-bond acceptors (Lipinski definition) is 3. The lowest BCUT2D eigenvalue weighted by Gasteiger charge is -2.13. The Morgan fingerprint density at radius 1 is 1.17 bits per heavy atom. The van der Waals surface area contributed by atoms with E-state index in [1.54, 1.807) is 18.7 Å². The van der Waals surface area contributed by atoms with Crippen LogP contribution in [0.4, 0.5) is 0 Å². The van der Waals surface area contributed by atoms with Crippen LogP contribution in [0.1, 0.15) is 17.2 Å². The smallest absolute Gasteiger partial charge is 0.0935 e. The first kappa shape index (κ1) is 11.0. The molecule has 1 aromatic carbocycles. The highest BCUT2D eigenvalue weighted by Gasteiger charge is 2.11. The van der Waals surface area contributed by atoms with Gasteiger partial charge in [0, 0.05) is 17.6 Å². The minimum absolute atomic E-state index is 0.0458. The highest BCUT2D eigenvalue weighted by molar-refractivity contribution is 5.82. The quantitative estimate of drug-likeness (QED) is 0.763. The molecular weight excluding hydrogens is 224 g/mol. The maximum atomic E-state index is 6.28. The fraction of sp³-hybridized carbons (Fsp3) is 0.133. The summed E-state index contributed by atoms with van der Waals surface area (Å²) in [6.07, 6.45) is 5.98. The average molecular weight is 238 g/mol. The zero-order valence-electron chi connectivity index (χ0n) is 9.91. The summed E-state index contributed by atoms with van der Waals surface area (Å²) in [6.45, 7) is 0. The van der Waals surface area contributed by atoms with Crippen LogP contribution in [0.5, 0.6) is 0 Å². The third-order valence-corrected chi connectivity index (χ3v) is 3.11. The fourth-order valence-corrected chi connectivity index (χ4v) is 2.22. The Hall–Kier alpha value is -2.13. The highest BCUT2D eigenvalue weighted by Crippen LogP contribution is 2.24. The zero-order valence-corrected chi connectivity index (χ0v) is 9.91. The fourth-order valence-electron chi connectivity index (χ4n) is 2.22. The van der Waals surface area contributed by atoms with E-state index in [-0.39, 0.29) is 6.04 Å². The molecule has 2 aromatic heterocycles. The largest absolute Gasteiger partial charge is 0.472 e. The lowest BCUT2D eigenvalue weighted by atomic mass is 9.97. The van der Waals surface area contributed by atoms with E-state index >= 15 is 0 Å². The van der Waals surface area contributed by atoms with Crippen molar-refractivity contribution in [3.05, 3.63) is 66.2 Å². The van der Waals surface area contributed by atoms with Gasteiger partial charge < -0.3 is 10.2 Å². The van der Waals surface area contributed by atoms with E-state index in [1.165, 1.54) is 0 Å². The van der Waals surface area contributed by atoms with Crippen LogP contribution in [-0.2, 0) is 6.42 Å². The van der Waals surface area contributed by atoms with Crippen molar-refractivity contribution in [2.75, 3.05) is 0 Å². The molecule has 3 heteroatoms. The van der Waals surface area contributed by atoms with E-state index in [2.05, 4.69) is 17.1 Å². The molecule has 2 heterocycles. The molecule has 18 heavy (non-hydrogen) atoms. The number of fused-ring (bicyclic) bond motifs is 1. The van der Waals surface area contributed by atoms with Crippen molar-refractivity contribution in [2.24, 2.45) is 5.73 Å². The molecule has 3 aromatic rings. The minimum atomic E-state index is -0.0458. The molecule has 0 aliphatic carbocycles. The van der Waals surface area contributed by atoms with Crippen LogP contribution in [-0.4, -0.2) is 4.98 Å². The average Bonchev–Trinajstić information content (AvgIpc) is 2.91. The number of nitrogens with zero attached hydrogens (tertiary/aromatic N) is 1. The second kappa shape index (κ2) is 4.63. The lowest BCUT2D eigenvalue weighted by Crippen LogP contribution is -2.13. The molecule has 0 amide bonds. The van der Waals surface area contributed by atoms with E-state index in [0.29, 0.717) is 0 Å². The number of aromatic nitrogens is 1. The summed E-state index contributed by atoms with van der Waals surface area (Å²) >= 11 is 0. The van der Waals surface area contributed by atoms with E-state index in [9.17, 15) is 0 Å². The molecule has 0 bridgehead atoms. The lowest BCUT2D eigenvalue weighted by molar-refractivity contribution is 0.561. The third kappa shape index (κ3) is 2.00. The predicted molar refractivity (Wildman–Crippen MR) is 71.1 cm³/mol. The standard InChI is InChI=1S/C15H14N2O/c16-14(9-11-6-8-18-10-11)12-3-1-5-15-13(12)4-2-7-17-15/h1-8,10,14H,9,16H2. The Morgan fingerprint density at radius 2 is 2.11 bits per heavy atom. The monoisotopic (exact) mass is 238 g/mol. The topological polar surface area (TPSA) is 52.0 Å². The summed E-state index contributed by atoms with van der Waals surface area (Å²) in [6, 6.07) is 12.0. The molecule has 0 saturated heterocycles. The molecule has 2 N–H and O–H groups in total. The third-order valence-electron chi connectivity index (χ3n) is 3.11. The summed E-state index contributed by atoms with van der Waals surface area (Å²) in [4.78, 5) is 4.35. The Balaban J connectivity index is 1.98. The van der Waals surface area contributed by atoms with Crippen molar-refractivity contribution in [1.29, 1.82) is 0 Å². The molecule has 90 valence electrons. The maximum Gasteiger partial charge on any atom is 0.0935 e. The molecule has 3 rings (SSSR count). The Kier molecular flexibility index (Phi) is 2.82. The molecular formula is C15H14N2O. The van der Waals surface area contributed by atoms with Crippen molar-refractivity contribution >= 4 is 10.9 Å². The van der Waals surface area contributed by atoms with Gasteiger partial charge in [0.25, 0.3) is 0 Å². The SMILES string of the molecule is NC(Cc1ccoc1)c1cccc2ncccc12. The molecule has 0 aliphatic heterocycles. The highest BCUT2D eigenvalue weighted by atomic mass is 16.3. The van der Waals surface area contributed by atoms with Crippen LogP contribution in [0.2, 0.25) is 0 Å². The van der Waals surface area contributed by atoms with Crippen molar-refractivity contribution in [3.63, 3.8) is 0 Å². The van der Waals surface area contributed by atoms with Gasteiger partial charge in [-0.3, -0.25) is 4.98 Å². The zero-order chi connectivity index (χ0) is 12.4. The number of nitrogens with two attached hydrogens (primary N) is 1. The van der Waals surface area contributed by atoms with Gasteiger partial charge in [0.1, 0.15) is 0 Å². The van der Waals surface area contributed by atoms with Crippen molar-refractivity contribution in [1.82, 2.24) is 4.98 Å². The Bertz CT molecular complexity index is 641. The second-order valence-corrected chi connectivity index (χ2v) is 4.36. The van der Waals surface area contributed by atoms with E-state index < -0.39 is 0 Å². The van der Waals surface area contributed by atoms with Gasteiger partial charge in [-0.1, -0.05) is 18.2 Å². The molecule has 1 unspecified atom stereocenters.